The number of carbonyl (C=O) groups excluding carboxylic acids is 1. The zero-order chi connectivity index (χ0) is 19.1. The van der Waals surface area contributed by atoms with E-state index in [1.54, 1.807) is 12.1 Å². The lowest BCUT2D eigenvalue weighted by Crippen LogP contribution is -2.35. The summed E-state index contributed by atoms with van der Waals surface area (Å²) in [7, 11) is 1.53. The molecule has 2 rings (SSSR count). The fourth-order valence-electron chi connectivity index (χ4n) is 2.72. The summed E-state index contributed by atoms with van der Waals surface area (Å²) < 4.78 is 5.39. The quantitative estimate of drug-likeness (QED) is 0.643. The number of amides is 1. The molecule has 1 aromatic rings. The van der Waals surface area contributed by atoms with Crippen molar-refractivity contribution in [1.82, 2.24) is 15.5 Å². The van der Waals surface area contributed by atoms with Crippen molar-refractivity contribution >= 4 is 29.2 Å². The fourth-order valence-corrected chi connectivity index (χ4v) is 2.93. The van der Waals surface area contributed by atoms with Gasteiger partial charge in [0.15, 0.2) is 5.96 Å². The molecule has 144 valence electrons. The number of nitrogens with zero attached hydrogens (tertiary/aromatic N) is 2. The number of likely N-dealkylation sites (N-methyl/N-ethyl adjacent to an activating group) is 1. The van der Waals surface area contributed by atoms with E-state index in [1.807, 2.05) is 6.92 Å². The van der Waals surface area contributed by atoms with E-state index in [1.165, 1.54) is 7.11 Å². The zero-order valence-electron chi connectivity index (χ0n) is 15.9. The molecule has 0 fully saturated rings. The van der Waals surface area contributed by atoms with Crippen LogP contribution in [0.3, 0.4) is 0 Å². The molecule has 0 spiro atoms. The summed E-state index contributed by atoms with van der Waals surface area (Å²) >= 11 is 6.36. The van der Waals surface area contributed by atoms with Gasteiger partial charge in [-0.3, -0.25) is 4.79 Å². The van der Waals surface area contributed by atoms with Crippen molar-refractivity contribution in [3.63, 3.8) is 0 Å². The third-order valence-corrected chi connectivity index (χ3v) is 4.62. The smallest absolute Gasteiger partial charge is 0.255 e. The van der Waals surface area contributed by atoms with Gasteiger partial charge in [-0.1, -0.05) is 25.4 Å². The van der Waals surface area contributed by atoms with E-state index in [9.17, 15) is 4.79 Å². The molecule has 0 saturated heterocycles. The van der Waals surface area contributed by atoms with Crippen LogP contribution in [0.25, 0.3) is 0 Å². The molecule has 1 atom stereocenters. The predicted molar refractivity (Wildman–Crippen MR) is 107 cm³/mol. The van der Waals surface area contributed by atoms with Gasteiger partial charge in [0.2, 0.25) is 0 Å². The summed E-state index contributed by atoms with van der Waals surface area (Å²) in [6.45, 7) is 10.3. The van der Waals surface area contributed by atoms with Crippen LogP contribution in [0, 0.1) is 0 Å². The maximum absolute atomic E-state index is 12.5. The molecule has 0 bridgehead atoms. The number of nitrogens with one attached hydrogen (secondary N) is 3. The molecule has 0 aromatic heterocycles. The normalized spacial score (nSPS) is 16.2. The first-order valence-corrected chi connectivity index (χ1v) is 9.33. The van der Waals surface area contributed by atoms with Crippen molar-refractivity contribution < 1.29 is 9.53 Å². The van der Waals surface area contributed by atoms with Crippen molar-refractivity contribution in [3.8, 4) is 5.75 Å². The Morgan fingerprint density at radius 2 is 2.15 bits per heavy atom. The van der Waals surface area contributed by atoms with Gasteiger partial charge in [-0.05, 0) is 26.1 Å². The van der Waals surface area contributed by atoms with Gasteiger partial charge < -0.3 is 25.6 Å². The molecule has 1 aromatic carbocycles. The molecule has 0 radical (unpaired) electrons. The maximum Gasteiger partial charge on any atom is 0.255 e. The lowest BCUT2D eigenvalue weighted by molar-refractivity contribution is 0.0946. The number of benzene rings is 1. The molecule has 1 unspecified atom stereocenters. The van der Waals surface area contributed by atoms with E-state index in [0.29, 0.717) is 34.5 Å². The molecule has 1 aliphatic rings. The minimum atomic E-state index is -0.201. The Morgan fingerprint density at radius 1 is 1.42 bits per heavy atom. The number of rotatable bonds is 8. The number of methoxy groups -OCH3 is 1. The zero-order valence-corrected chi connectivity index (χ0v) is 16.6. The van der Waals surface area contributed by atoms with Crippen LogP contribution in [0.1, 0.15) is 31.1 Å². The minimum Gasteiger partial charge on any atom is -0.496 e. The van der Waals surface area contributed by atoms with E-state index < -0.39 is 0 Å². The maximum atomic E-state index is 12.5. The SMILES string of the molecule is CCN(CC)CCNC(=O)c1cc(Cl)c(NC2=NC(C)CN2)cc1OC. The van der Waals surface area contributed by atoms with Crippen LogP contribution in [0.5, 0.6) is 5.75 Å². The van der Waals surface area contributed by atoms with Crippen LogP contribution in [-0.4, -0.2) is 62.6 Å². The van der Waals surface area contributed by atoms with Crippen LogP contribution in [-0.2, 0) is 0 Å². The summed E-state index contributed by atoms with van der Waals surface area (Å²) in [5, 5.41) is 9.66. The Hall–Kier alpha value is -1.99. The fraction of sp³-hybridized carbons (Fsp3) is 0.556. The van der Waals surface area contributed by atoms with Gasteiger partial charge in [-0.15, -0.1) is 0 Å². The third-order valence-electron chi connectivity index (χ3n) is 4.31. The molecule has 1 heterocycles. The number of aliphatic imine (C=N–C) groups is 1. The standard InChI is InChI=1S/C18H28ClN5O2/c1-5-24(6-2)8-7-20-17(25)13-9-14(19)15(10-16(13)26-4)23-18-21-11-12(3)22-18/h9-10,12H,5-8,11H2,1-4H3,(H,20,25)(H2,21,22,23). The van der Waals surface area contributed by atoms with Crippen LogP contribution >= 0.6 is 11.6 Å². The molecule has 8 heteroatoms. The van der Waals surface area contributed by atoms with Crippen LogP contribution < -0.4 is 20.7 Å². The van der Waals surface area contributed by atoms with Crippen LogP contribution in [0.4, 0.5) is 5.69 Å². The van der Waals surface area contributed by atoms with Crippen molar-refractivity contribution in [3.05, 3.63) is 22.7 Å². The highest BCUT2D eigenvalue weighted by molar-refractivity contribution is 6.34. The van der Waals surface area contributed by atoms with Crippen molar-refractivity contribution in [2.75, 3.05) is 45.2 Å². The second-order valence-electron chi connectivity index (χ2n) is 6.15. The van der Waals surface area contributed by atoms with Crippen molar-refractivity contribution in [2.45, 2.75) is 26.8 Å². The number of guanidine groups is 1. The average molecular weight is 382 g/mol. The summed E-state index contributed by atoms with van der Waals surface area (Å²) in [4.78, 5) is 19.2. The lowest BCUT2D eigenvalue weighted by Gasteiger charge is -2.18. The van der Waals surface area contributed by atoms with E-state index in [2.05, 4.69) is 39.7 Å². The van der Waals surface area contributed by atoms with E-state index >= 15 is 0 Å². The largest absolute Gasteiger partial charge is 0.496 e. The molecule has 7 nitrogen and oxygen atoms in total. The van der Waals surface area contributed by atoms with Gasteiger partial charge in [0.05, 0.1) is 29.4 Å². The third kappa shape index (κ3) is 5.25. The van der Waals surface area contributed by atoms with Gasteiger partial charge in [-0.2, -0.15) is 0 Å². The highest BCUT2D eigenvalue weighted by atomic mass is 35.5. The van der Waals surface area contributed by atoms with Crippen LogP contribution in [0.15, 0.2) is 17.1 Å². The van der Waals surface area contributed by atoms with E-state index in [-0.39, 0.29) is 11.9 Å². The Balaban J connectivity index is 2.07. The number of halogens is 1. The molecule has 1 aliphatic heterocycles. The van der Waals surface area contributed by atoms with E-state index in [4.69, 9.17) is 16.3 Å². The van der Waals surface area contributed by atoms with Crippen LogP contribution in [0.2, 0.25) is 5.02 Å². The van der Waals surface area contributed by atoms with Gasteiger partial charge in [0.25, 0.3) is 5.91 Å². The second kappa shape index (κ2) is 9.64. The monoisotopic (exact) mass is 381 g/mol. The summed E-state index contributed by atoms with van der Waals surface area (Å²) in [5.41, 5.74) is 1.06. The number of hydrogen-bond acceptors (Lipinski definition) is 6. The number of carbonyl (C=O) groups is 1. The Morgan fingerprint density at radius 3 is 2.73 bits per heavy atom. The number of anilines is 1. The first-order valence-electron chi connectivity index (χ1n) is 8.95. The number of ether oxygens (including phenoxy) is 1. The summed E-state index contributed by atoms with van der Waals surface area (Å²) in [5.74, 6) is 0.925. The molecule has 3 N–H and O–H groups in total. The van der Waals surface area contributed by atoms with Gasteiger partial charge >= 0.3 is 0 Å². The average Bonchev–Trinajstić information content (AvgIpc) is 3.04. The summed E-state index contributed by atoms with van der Waals surface area (Å²) in [6.07, 6.45) is 0. The molecule has 1 amide bonds. The second-order valence-corrected chi connectivity index (χ2v) is 6.55. The van der Waals surface area contributed by atoms with Gasteiger partial charge in [0, 0.05) is 25.7 Å². The molecular weight excluding hydrogens is 354 g/mol. The Labute approximate surface area is 160 Å². The molecule has 26 heavy (non-hydrogen) atoms. The van der Waals surface area contributed by atoms with E-state index in [0.717, 1.165) is 26.2 Å². The Bertz CT molecular complexity index is 661. The first-order chi connectivity index (χ1) is 12.5. The first kappa shape index (κ1) is 20.3. The lowest BCUT2D eigenvalue weighted by atomic mass is 10.1. The minimum absolute atomic E-state index is 0.201. The molecule has 0 aliphatic carbocycles. The van der Waals surface area contributed by atoms with Gasteiger partial charge in [0.1, 0.15) is 5.75 Å². The predicted octanol–water partition coefficient (Wildman–Crippen LogP) is 2.18. The van der Waals surface area contributed by atoms with Gasteiger partial charge in [-0.25, -0.2) is 4.99 Å². The Kier molecular flexibility index (Phi) is 7.53. The highest BCUT2D eigenvalue weighted by Gasteiger charge is 2.18. The molecule has 0 saturated carbocycles. The van der Waals surface area contributed by atoms with Crippen molar-refractivity contribution in [2.24, 2.45) is 4.99 Å². The number of hydrogen-bond donors (Lipinski definition) is 3. The summed E-state index contributed by atoms with van der Waals surface area (Å²) in [6, 6.07) is 3.55. The highest BCUT2D eigenvalue weighted by Crippen LogP contribution is 2.31. The van der Waals surface area contributed by atoms with Crippen molar-refractivity contribution in [1.29, 1.82) is 0 Å². The topological polar surface area (TPSA) is 78.0 Å². The molecular formula is C18H28ClN5O2.